The SMILES string of the molecule is O=[N+]([O-])c1ccc[nH+]c1N1CCOCC1. The minimum absolute atomic E-state index is 0.111. The minimum Gasteiger partial charge on any atom is -0.373 e. The van der Waals surface area contributed by atoms with Crippen molar-refractivity contribution >= 4 is 11.5 Å². The summed E-state index contributed by atoms with van der Waals surface area (Å²) < 4.78 is 5.20. The number of nitro groups is 1. The van der Waals surface area contributed by atoms with Crippen molar-refractivity contribution in [2.45, 2.75) is 0 Å². The van der Waals surface area contributed by atoms with Gasteiger partial charge in [-0.1, -0.05) is 0 Å². The number of hydrogen-bond donors (Lipinski definition) is 0. The van der Waals surface area contributed by atoms with Crippen molar-refractivity contribution in [2.75, 3.05) is 31.2 Å². The standard InChI is InChI=1S/C9H11N3O3/c13-12(14)8-2-1-3-10-9(8)11-4-6-15-7-5-11/h1-3H,4-7H2/p+1. The Bertz CT molecular complexity index is 363. The maximum Gasteiger partial charge on any atom is 0.357 e. The highest BCUT2D eigenvalue weighted by Crippen LogP contribution is 2.22. The molecule has 1 aliphatic heterocycles. The van der Waals surface area contributed by atoms with E-state index in [-0.39, 0.29) is 10.6 Å². The molecule has 0 bridgehead atoms. The molecule has 0 atom stereocenters. The first kappa shape index (κ1) is 9.85. The van der Waals surface area contributed by atoms with E-state index < -0.39 is 0 Å². The van der Waals surface area contributed by atoms with Gasteiger partial charge in [-0.2, -0.15) is 0 Å². The van der Waals surface area contributed by atoms with E-state index >= 15 is 0 Å². The summed E-state index contributed by atoms with van der Waals surface area (Å²) in [5.41, 5.74) is 0.111. The quantitative estimate of drug-likeness (QED) is 0.518. The highest BCUT2D eigenvalue weighted by atomic mass is 16.6. The molecule has 6 heteroatoms. The Labute approximate surface area is 86.6 Å². The Kier molecular flexibility index (Phi) is 2.77. The van der Waals surface area contributed by atoms with Crippen molar-refractivity contribution in [3.8, 4) is 0 Å². The molecule has 0 radical (unpaired) electrons. The van der Waals surface area contributed by atoms with Crippen LogP contribution >= 0.6 is 0 Å². The molecule has 15 heavy (non-hydrogen) atoms. The van der Waals surface area contributed by atoms with Gasteiger partial charge in [-0.15, -0.1) is 0 Å². The van der Waals surface area contributed by atoms with Crippen LogP contribution in [-0.4, -0.2) is 31.2 Å². The largest absolute Gasteiger partial charge is 0.373 e. The fourth-order valence-corrected chi connectivity index (χ4v) is 1.61. The molecule has 2 heterocycles. The van der Waals surface area contributed by atoms with Gasteiger partial charge < -0.3 is 4.74 Å². The van der Waals surface area contributed by atoms with Gasteiger partial charge in [0.15, 0.2) is 0 Å². The average molecular weight is 210 g/mol. The summed E-state index contributed by atoms with van der Waals surface area (Å²) in [6.07, 6.45) is 1.69. The second-order valence-electron chi connectivity index (χ2n) is 3.26. The summed E-state index contributed by atoms with van der Waals surface area (Å²) in [4.78, 5) is 15.3. The van der Waals surface area contributed by atoms with Gasteiger partial charge >= 0.3 is 11.5 Å². The Morgan fingerprint density at radius 2 is 2.20 bits per heavy atom. The Morgan fingerprint density at radius 3 is 2.87 bits per heavy atom. The molecule has 1 aliphatic rings. The fraction of sp³-hybridized carbons (Fsp3) is 0.444. The minimum atomic E-state index is -0.374. The molecular formula is C9H12N3O3+. The highest BCUT2D eigenvalue weighted by Gasteiger charge is 2.28. The van der Waals surface area contributed by atoms with Gasteiger partial charge in [0.1, 0.15) is 13.1 Å². The van der Waals surface area contributed by atoms with E-state index in [0.717, 1.165) is 0 Å². The van der Waals surface area contributed by atoms with E-state index in [1.807, 2.05) is 4.90 Å². The monoisotopic (exact) mass is 210 g/mol. The molecule has 1 N–H and O–H groups in total. The number of pyridine rings is 1. The lowest BCUT2D eigenvalue weighted by Crippen LogP contribution is -2.39. The average Bonchev–Trinajstić information content (AvgIpc) is 2.30. The Hall–Kier alpha value is -1.69. The van der Waals surface area contributed by atoms with Gasteiger partial charge in [0, 0.05) is 6.07 Å². The highest BCUT2D eigenvalue weighted by molar-refractivity contribution is 5.53. The van der Waals surface area contributed by atoms with Gasteiger partial charge in [0.2, 0.25) is 0 Å². The summed E-state index contributed by atoms with van der Waals surface area (Å²) in [7, 11) is 0. The van der Waals surface area contributed by atoms with Crippen molar-refractivity contribution in [1.29, 1.82) is 0 Å². The molecule has 80 valence electrons. The number of morpholine rings is 1. The van der Waals surface area contributed by atoms with E-state index in [2.05, 4.69) is 4.98 Å². The van der Waals surface area contributed by atoms with E-state index in [9.17, 15) is 10.1 Å². The number of nitrogens with zero attached hydrogens (tertiary/aromatic N) is 2. The van der Waals surface area contributed by atoms with E-state index in [1.54, 1.807) is 12.3 Å². The number of rotatable bonds is 2. The van der Waals surface area contributed by atoms with Crippen LogP contribution in [0.15, 0.2) is 18.3 Å². The van der Waals surface area contributed by atoms with Crippen LogP contribution in [0.5, 0.6) is 0 Å². The molecule has 1 aromatic rings. The van der Waals surface area contributed by atoms with Crippen LogP contribution in [0.3, 0.4) is 0 Å². The molecule has 0 amide bonds. The number of H-pyrrole nitrogens is 1. The second kappa shape index (κ2) is 4.22. The van der Waals surface area contributed by atoms with Crippen molar-refractivity contribution in [1.82, 2.24) is 0 Å². The smallest absolute Gasteiger partial charge is 0.357 e. The molecule has 0 spiro atoms. The van der Waals surface area contributed by atoms with Crippen LogP contribution in [0.25, 0.3) is 0 Å². The van der Waals surface area contributed by atoms with Gasteiger partial charge in [-0.3, -0.25) is 15.0 Å². The molecule has 0 saturated carbocycles. The zero-order valence-electron chi connectivity index (χ0n) is 8.18. The summed E-state index contributed by atoms with van der Waals surface area (Å²) in [6, 6.07) is 3.13. The lowest BCUT2D eigenvalue weighted by Gasteiger charge is -2.20. The number of ether oxygens (including phenoxy) is 1. The third-order valence-electron chi connectivity index (χ3n) is 2.34. The molecule has 0 unspecified atom stereocenters. The number of anilines is 1. The van der Waals surface area contributed by atoms with Crippen molar-refractivity contribution in [3.05, 3.63) is 28.4 Å². The third kappa shape index (κ3) is 2.04. The van der Waals surface area contributed by atoms with Crippen LogP contribution < -0.4 is 9.88 Å². The van der Waals surface area contributed by atoms with Crippen LogP contribution in [0.1, 0.15) is 0 Å². The molecule has 1 aromatic heterocycles. The molecule has 1 saturated heterocycles. The first-order chi connectivity index (χ1) is 7.29. The molecule has 1 fully saturated rings. The summed E-state index contributed by atoms with van der Waals surface area (Å²) in [5, 5.41) is 10.8. The molecule has 6 nitrogen and oxygen atoms in total. The molecule has 0 aromatic carbocycles. The zero-order chi connectivity index (χ0) is 10.7. The maximum absolute atomic E-state index is 10.8. The number of nitrogens with one attached hydrogen (secondary N) is 1. The summed E-state index contributed by atoms with van der Waals surface area (Å²) in [6.45, 7) is 2.59. The van der Waals surface area contributed by atoms with Crippen molar-refractivity contribution in [2.24, 2.45) is 0 Å². The summed E-state index contributed by atoms with van der Waals surface area (Å²) >= 11 is 0. The van der Waals surface area contributed by atoms with Gasteiger partial charge in [-0.25, -0.2) is 4.98 Å². The Balaban J connectivity index is 2.29. The van der Waals surface area contributed by atoms with E-state index in [4.69, 9.17) is 4.74 Å². The van der Waals surface area contributed by atoms with Crippen molar-refractivity contribution < 1.29 is 14.6 Å². The lowest BCUT2D eigenvalue weighted by atomic mass is 10.3. The predicted molar refractivity (Wildman–Crippen MR) is 52.7 cm³/mol. The lowest BCUT2D eigenvalue weighted by molar-refractivity contribution is -0.411. The van der Waals surface area contributed by atoms with Crippen LogP contribution in [0.4, 0.5) is 11.5 Å². The summed E-state index contributed by atoms with van der Waals surface area (Å²) in [5.74, 6) is 0.561. The van der Waals surface area contributed by atoms with Crippen LogP contribution in [0.2, 0.25) is 0 Å². The van der Waals surface area contributed by atoms with Gasteiger partial charge in [0.05, 0.1) is 24.3 Å². The van der Waals surface area contributed by atoms with E-state index in [0.29, 0.717) is 32.1 Å². The van der Waals surface area contributed by atoms with Crippen LogP contribution in [0, 0.1) is 10.1 Å². The normalized spacial score (nSPS) is 16.4. The zero-order valence-corrected chi connectivity index (χ0v) is 8.18. The fourth-order valence-electron chi connectivity index (χ4n) is 1.61. The van der Waals surface area contributed by atoms with Gasteiger partial charge in [0.25, 0.3) is 0 Å². The molecule has 2 rings (SSSR count). The third-order valence-corrected chi connectivity index (χ3v) is 2.34. The molecular weight excluding hydrogens is 198 g/mol. The second-order valence-corrected chi connectivity index (χ2v) is 3.26. The van der Waals surface area contributed by atoms with Gasteiger partial charge in [-0.05, 0) is 6.07 Å². The first-order valence-corrected chi connectivity index (χ1v) is 4.77. The number of aromatic amines is 1. The molecule has 0 aliphatic carbocycles. The number of aromatic nitrogens is 1. The Morgan fingerprint density at radius 1 is 1.47 bits per heavy atom. The van der Waals surface area contributed by atoms with Crippen molar-refractivity contribution in [3.63, 3.8) is 0 Å². The maximum atomic E-state index is 10.8. The topological polar surface area (TPSA) is 69.8 Å². The van der Waals surface area contributed by atoms with E-state index in [1.165, 1.54) is 6.07 Å². The first-order valence-electron chi connectivity index (χ1n) is 4.77. The van der Waals surface area contributed by atoms with Crippen LogP contribution in [-0.2, 0) is 4.74 Å². The predicted octanol–water partition coefficient (Wildman–Crippen LogP) is 0.245. The number of hydrogen-bond acceptors (Lipinski definition) is 4.